The summed E-state index contributed by atoms with van der Waals surface area (Å²) in [6, 6.07) is 4.48. The molecule has 3 aliphatic heterocycles. The van der Waals surface area contributed by atoms with Crippen LogP contribution < -0.4 is 10.2 Å². The molecule has 1 N–H and O–H groups in total. The summed E-state index contributed by atoms with van der Waals surface area (Å²) in [6.45, 7) is 1.69. The van der Waals surface area contributed by atoms with Gasteiger partial charge in [-0.25, -0.2) is 18.2 Å². The largest absolute Gasteiger partial charge is 0.465 e. The fourth-order valence-corrected chi connectivity index (χ4v) is 5.99. The normalized spacial score (nSPS) is 22.6. The Hall–Kier alpha value is -2.95. The zero-order valence-corrected chi connectivity index (χ0v) is 18.7. The molecule has 0 aliphatic carbocycles. The quantitative estimate of drug-likeness (QED) is 0.651. The van der Waals surface area contributed by atoms with Gasteiger partial charge < -0.3 is 15.0 Å². The highest BCUT2D eigenvalue weighted by molar-refractivity contribution is 7.91. The molecule has 0 saturated carbocycles. The molecule has 1 unspecified atom stereocenters. The molecule has 3 aliphatic rings. The minimum Gasteiger partial charge on any atom is -0.465 e. The van der Waals surface area contributed by atoms with Crippen LogP contribution in [0.1, 0.15) is 42.5 Å². The number of sulfone groups is 1. The first kappa shape index (κ1) is 22.3. The molecule has 0 aromatic heterocycles. The van der Waals surface area contributed by atoms with Crippen LogP contribution in [0.3, 0.4) is 0 Å². The maximum absolute atomic E-state index is 13.0. The smallest absolute Gasteiger partial charge is 0.337 e. The summed E-state index contributed by atoms with van der Waals surface area (Å²) < 4.78 is 28.4. The van der Waals surface area contributed by atoms with E-state index in [9.17, 15) is 22.8 Å². The van der Waals surface area contributed by atoms with Crippen molar-refractivity contribution in [2.45, 2.75) is 38.1 Å². The van der Waals surface area contributed by atoms with Crippen molar-refractivity contribution < 1.29 is 27.5 Å². The SMILES string of the molecule is COC(=O)c1ccc(N2CCCC2)c(NC(=O)C2=NN(C3CCS(=O)(=O)C3)C(=O)CC2)c1. The molecule has 0 spiro atoms. The summed E-state index contributed by atoms with van der Waals surface area (Å²) in [4.78, 5) is 39.5. The Bertz CT molecular complexity index is 1080. The van der Waals surface area contributed by atoms with E-state index in [-0.39, 0.29) is 36.0 Å². The molecule has 0 radical (unpaired) electrons. The molecule has 2 amide bonds. The Morgan fingerprint density at radius 1 is 1.19 bits per heavy atom. The molecule has 10 nitrogen and oxygen atoms in total. The second-order valence-electron chi connectivity index (χ2n) is 8.21. The lowest BCUT2D eigenvalue weighted by atomic mass is 10.1. The summed E-state index contributed by atoms with van der Waals surface area (Å²) in [6.07, 6.45) is 2.65. The average molecular weight is 463 g/mol. The number of benzene rings is 1. The van der Waals surface area contributed by atoms with E-state index in [4.69, 9.17) is 4.74 Å². The maximum Gasteiger partial charge on any atom is 0.337 e. The minimum absolute atomic E-state index is 0.0119. The fourth-order valence-electron chi connectivity index (χ4n) is 4.30. The number of amides is 2. The third-order valence-corrected chi connectivity index (χ3v) is 7.74. The van der Waals surface area contributed by atoms with E-state index in [0.717, 1.165) is 36.6 Å². The van der Waals surface area contributed by atoms with Crippen LogP contribution >= 0.6 is 0 Å². The number of carbonyl (C=O) groups excluding carboxylic acids is 3. The Morgan fingerprint density at radius 2 is 1.94 bits per heavy atom. The van der Waals surface area contributed by atoms with Gasteiger partial charge in [-0.1, -0.05) is 0 Å². The van der Waals surface area contributed by atoms with Crippen LogP contribution in [-0.4, -0.2) is 74.7 Å². The van der Waals surface area contributed by atoms with E-state index in [1.807, 2.05) is 0 Å². The number of ether oxygens (including phenoxy) is 1. The summed E-state index contributed by atoms with van der Waals surface area (Å²) in [5, 5.41) is 8.23. The zero-order valence-electron chi connectivity index (χ0n) is 17.9. The van der Waals surface area contributed by atoms with Crippen molar-refractivity contribution in [3.8, 4) is 0 Å². The van der Waals surface area contributed by atoms with Gasteiger partial charge >= 0.3 is 5.97 Å². The Labute approximate surface area is 186 Å². The van der Waals surface area contributed by atoms with Gasteiger partial charge in [0.05, 0.1) is 41.6 Å². The van der Waals surface area contributed by atoms with Crippen molar-refractivity contribution in [2.24, 2.45) is 5.10 Å². The van der Waals surface area contributed by atoms with Crippen LogP contribution in [0.15, 0.2) is 23.3 Å². The molecule has 32 heavy (non-hydrogen) atoms. The van der Waals surface area contributed by atoms with Crippen LogP contribution in [-0.2, 0) is 24.2 Å². The van der Waals surface area contributed by atoms with E-state index in [2.05, 4.69) is 15.3 Å². The van der Waals surface area contributed by atoms with Gasteiger partial charge in [0.2, 0.25) is 5.91 Å². The Kier molecular flexibility index (Phi) is 6.18. The number of methoxy groups -OCH3 is 1. The monoisotopic (exact) mass is 462 g/mol. The maximum atomic E-state index is 13.0. The molecular weight excluding hydrogens is 436 g/mol. The van der Waals surface area contributed by atoms with Crippen molar-refractivity contribution in [3.05, 3.63) is 23.8 Å². The topological polar surface area (TPSA) is 125 Å². The second kappa shape index (κ2) is 8.89. The van der Waals surface area contributed by atoms with Gasteiger partial charge in [0.1, 0.15) is 5.71 Å². The lowest BCUT2D eigenvalue weighted by molar-refractivity contribution is -0.133. The first-order chi connectivity index (χ1) is 15.3. The van der Waals surface area contributed by atoms with Crippen molar-refractivity contribution in [2.75, 3.05) is 41.9 Å². The molecule has 1 aromatic rings. The number of hydrazone groups is 1. The number of rotatable bonds is 5. The van der Waals surface area contributed by atoms with Crippen molar-refractivity contribution in [1.29, 1.82) is 0 Å². The number of nitrogens with one attached hydrogen (secondary N) is 1. The molecule has 2 fully saturated rings. The molecular formula is C21H26N4O6S. The number of esters is 1. The second-order valence-corrected chi connectivity index (χ2v) is 10.4. The van der Waals surface area contributed by atoms with E-state index in [1.165, 1.54) is 7.11 Å². The highest BCUT2D eigenvalue weighted by Gasteiger charge is 2.37. The van der Waals surface area contributed by atoms with E-state index in [1.54, 1.807) is 18.2 Å². The zero-order chi connectivity index (χ0) is 22.9. The third-order valence-electron chi connectivity index (χ3n) is 5.99. The van der Waals surface area contributed by atoms with Crippen molar-refractivity contribution in [1.82, 2.24) is 5.01 Å². The standard InChI is InChI=1S/C21H26N4O6S/c1-31-21(28)14-4-6-18(24-9-2-3-10-24)17(12-14)22-20(27)16-5-7-19(26)25(23-16)15-8-11-32(29,30)13-15/h4,6,12,15H,2-3,5,7-11,13H2,1H3,(H,22,27). The fraction of sp³-hybridized carbons (Fsp3) is 0.524. The van der Waals surface area contributed by atoms with Crippen LogP contribution in [0.2, 0.25) is 0 Å². The van der Waals surface area contributed by atoms with Crippen LogP contribution in [0.5, 0.6) is 0 Å². The Morgan fingerprint density at radius 3 is 2.59 bits per heavy atom. The van der Waals surface area contributed by atoms with Gasteiger partial charge in [0.25, 0.3) is 5.91 Å². The summed E-state index contributed by atoms with van der Waals surface area (Å²) in [7, 11) is -1.91. The van der Waals surface area contributed by atoms with E-state index in [0.29, 0.717) is 17.7 Å². The predicted molar refractivity (Wildman–Crippen MR) is 118 cm³/mol. The van der Waals surface area contributed by atoms with Gasteiger partial charge in [0.15, 0.2) is 9.84 Å². The number of hydrogen-bond acceptors (Lipinski definition) is 8. The van der Waals surface area contributed by atoms with Crippen LogP contribution in [0.25, 0.3) is 0 Å². The van der Waals surface area contributed by atoms with Gasteiger partial charge in [-0.15, -0.1) is 0 Å². The molecule has 1 aromatic carbocycles. The summed E-state index contributed by atoms with van der Waals surface area (Å²) in [5.74, 6) is -1.40. The Balaban J connectivity index is 1.59. The van der Waals surface area contributed by atoms with E-state index < -0.39 is 27.8 Å². The van der Waals surface area contributed by atoms with Crippen LogP contribution in [0.4, 0.5) is 11.4 Å². The van der Waals surface area contributed by atoms with Crippen LogP contribution in [0, 0.1) is 0 Å². The van der Waals surface area contributed by atoms with Gasteiger partial charge in [-0.2, -0.15) is 5.10 Å². The summed E-state index contributed by atoms with van der Waals surface area (Å²) in [5.41, 5.74) is 1.73. The highest BCUT2D eigenvalue weighted by Crippen LogP contribution is 2.31. The van der Waals surface area contributed by atoms with Gasteiger partial charge in [0, 0.05) is 25.9 Å². The third kappa shape index (κ3) is 4.62. The number of hydrogen-bond donors (Lipinski definition) is 1. The van der Waals surface area contributed by atoms with Gasteiger partial charge in [-0.05, 0) is 37.5 Å². The van der Waals surface area contributed by atoms with Gasteiger partial charge in [-0.3, -0.25) is 9.59 Å². The van der Waals surface area contributed by atoms with Crippen molar-refractivity contribution in [3.63, 3.8) is 0 Å². The first-order valence-electron chi connectivity index (χ1n) is 10.7. The number of carbonyl (C=O) groups is 3. The molecule has 1 atom stereocenters. The molecule has 0 bridgehead atoms. The summed E-state index contributed by atoms with van der Waals surface area (Å²) >= 11 is 0. The average Bonchev–Trinajstić information content (AvgIpc) is 3.43. The molecule has 11 heteroatoms. The van der Waals surface area contributed by atoms with E-state index >= 15 is 0 Å². The van der Waals surface area contributed by atoms with Crippen molar-refractivity contribution >= 4 is 44.7 Å². The molecule has 2 saturated heterocycles. The first-order valence-corrected chi connectivity index (χ1v) is 12.5. The molecule has 172 valence electrons. The number of nitrogens with zero attached hydrogens (tertiary/aromatic N) is 3. The lowest BCUT2D eigenvalue weighted by Gasteiger charge is -2.28. The minimum atomic E-state index is -3.20. The molecule has 4 rings (SSSR count). The lowest BCUT2D eigenvalue weighted by Crippen LogP contribution is -2.42. The highest BCUT2D eigenvalue weighted by atomic mass is 32.2. The number of anilines is 2. The molecule has 3 heterocycles. The predicted octanol–water partition coefficient (Wildman–Crippen LogP) is 1.18.